The summed E-state index contributed by atoms with van der Waals surface area (Å²) in [5.41, 5.74) is 4.03. The summed E-state index contributed by atoms with van der Waals surface area (Å²) in [4.78, 5) is 23.9. The standard InChI is InChI=1S/C29H34FN5O3/c1-37-28-21(30)5-4-6-22(28)33-27-24-25-19(16-32-29(24)36)15-18-8-12-35(13-9-18)11-2-3-14-38-23-17-31-10-7-20(23)26(27)34-25/h4-7,10,17-19,33-34H,2-3,8-9,11-16H2,1H3,(H,32,36). The normalized spacial score (nSPS) is 23.2. The van der Waals surface area contributed by atoms with Crippen molar-refractivity contribution >= 4 is 17.3 Å². The fraction of sp³-hybridized carbons (Fsp3) is 0.448. The van der Waals surface area contributed by atoms with Crippen LogP contribution < -0.4 is 20.1 Å². The molecule has 0 radical (unpaired) electrons. The Morgan fingerprint density at radius 1 is 1.18 bits per heavy atom. The molecule has 4 aliphatic rings. The van der Waals surface area contributed by atoms with Crippen LogP contribution >= 0.6 is 0 Å². The van der Waals surface area contributed by atoms with Crippen LogP contribution in [0.1, 0.15) is 54.1 Å². The summed E-state index contributed by atoms with van der Waals surface area (Å²) in [6.07, 6.45) is 8.82. The van der Waals surface area contributed by atoms with Gasteiger partial charge in [-0.05, 0) is 75.9 Å². The lowest BCUT2D eigenvalue weighted by Gasteiger charge is -2.34. The quantitative estimate of drug-likeness (QED) is 0.448. The molecule has 1 atom stereocenters. The molecule has 4 bridgehead atoms. The van der Waals surface area contributed by atoms with Gasteiger partial charge in [-0.15, -0.1) is 0 Å². The third-order valence-electron chi connectivity index (χ3n) is 8.11. The predicted molar refractivity (Wildman–Crippen MR) is 144 cm³/mol. The number of pyridine rings is 1. The SMILES string of the molecule is COc1c(F)cccc1Nc1c2[nH]c3c1C(=O)NCC3CC1CCN(CCCCOc3cnccc3-2)CC1. The van der Waals surface area contributed by atoms with E-state index in [4.69, 9.17) is 9.47 Å². The van der Waals surface area contributed by atoms with Gasteiger partial charge >= 0.3 is 0 Å². The number of aromatic amines is 1. The molecule has 1 unspecified atom stereocenters. The second kappa shape index (κ2) is 10.6. The van der Waals surface area contributed by atoms with Crippen molar-refractivity contribution in [1.29, 1.82) is 0 Å². The van der Waals surface area contributed by atoms with Crippen LogP contribution in [-0.4, -0.2) is 60.7 Å². The fourth-order valence-corrected chi connectivity index (χ4v) is 6.11. The summed E-state index contributed by atoms with van der Waals surface area (Å²) in [5, 5.41) is 6.48. The molecular weight excluding hydrogens is 485 g/mol. The van der Waals surface area contributed by atoms with Gasteiger partial charge in [-0.25, -0.2) is 4.39 Å². The third-order valence-corrected chi connectivity index (χ3v) is 8.11. The molecule has 0 saturated carbocycles. The number of hydrogen-bond donors (Lipinski definition) is 3. The van der Waals surface area contributed by atoms with Crippen LogP contribution in [0.3, 0.4) is 0 Å². The number of halogens is 1. The molecular formula is C29H34FN5O3. The van der Waals surface area contributed by atoms with Crippen molar-refractivity contribution in [2.45, 2.75) is 38.0 Å². The second-order valence-electron chi connectivity index (χ2n) is 10.5. The summed E-state index contributed by atoms with van der Waals surface area (Å²) in [7, 11) is 1.44. The Balaban J connectivity index is 1.49. The van der Waals surface area contributed by atoms with Gasteiger partial charge in [-0.1, -0.05) is 6.07 Å². The van der Waals surface area contributed by atoms with Gasteiger partial charge in [0.2, 0.25) is 0 Å². The first-order valence-electron chi connectivity index (χ1n) is 13.6. The predicted octanol–water partition coefficient (Wildman–Crippen LogP) is 5.07. The van der Waals surface area contributed by atoms with Crippen LogP contribution in [0.5, 0.6) is 11.5 Å². The number of hydrogen-bond acceptors (Lipinski definition) is 6. The minimum Gasteiger partial charge on any atom is -0.492 e. The highest BCUT2D eigenvalue weighted by atomic mass is 19.1. The molecule has 1 amide bonds. The second-order valence-corrected chi connectivity index (χ2v) is 10.5. The number of carbonyl (C=O) groups is 1. The van der Waals surface area contributed by atoms with Crippen molar-refractivity contribution in [2.24, 2.45) is 5.92 Å². The number of anilines is 2. The van der Waals surface area contributed by atoms with Crippen LogP contribution in [-0.2, 0) is 0 Å². The zero-order valence-electron chi connectivity index (χ0n) is 21.7. The Labute approximate surface area is 221 Å². The lowest BCUT2D eigenvalue weighted by Crippen LogP contribution is -2.38. The number of methoxy groups -OCH3 is 1. The van der Waals surface area contributed by atoms with E-state index in [1.54, 1.807) is 24.5 Å². The first-order chi connectivity index (χ1) is 18.6. The number of ether oxygens (including phenoxy) is 2. The van der Waals surface area contributed by atoms with Crippen molar-refractivity contribution in [2.75, 3.05) is 45.2 Å². The molecule has 3 aromatic rings. The van der Waals surface area contributed by atoms with E-state index in [0.717, 1.165) is 55.8 Å². The maximum Gasteiger partial charge on any atom is 0.255 e. The summed E-state index contributed by atoms with van der Waals surface area (Å²) < 4.78 is 26.2. The van der Waals surface area contributed by atoms with Crippen molar-refractivity contribution in [1.82, 2.24) is 20.2 Å². The van der Waals surface area contributed by atoms with Gasteiger partial charge in [0.05, 0.1) is 42.5 Å². The monoisotopic (exact) mass is 519 g/mol. The molecule has 7 rings (SSSR count). The average Bonchev–Trinajstić information content (AvgIpc) is 3.31. The van der Waals surface area contributed by atoms with Crippen LogP contribution in [0.15, 0.2) is 36.7 Å². The molecule has 200 valence electrons. The Morgan fingerprint density at radius 3 is 2.89 bits per heavy atom. The van der Waals surface area contributed by atoms with Crippen molar-refractivity contribution in [3.8, 4) is 22.8 Å². The maximum absolute atomic E-state index is 14.6. The number of amides is 1. The van der Waals surface area contributed by atoms with Crippen molar-refractivity contribution in [3.63, 3.8) is 0 Å². The van der Waals surface area contributed by atoms with E-state index in [1.807, 2.05) is 6.07 Å². The van der Waals surface area contributed by atoms with Crippen LogP contribution in [0.2, 0.25) is 0 Å². The Hall–Kier alpha value is -3.59. The van der Waals surface area contributed by atoms with E-state index in [2.05, 4.69) is 25.5 Å². The smallest absolute Gasteiger partial charge is 0.255 e. The molecule has 4 aliphatic heterocycles. The van der Waals surface area contributed by atoms with Crippen molar-refractivity contribution < 1.29 is 18.7 Å². The van der Waals surface area contributed by atoms with Gasteiger partial charge in [0, 0.05) is 29.9 Å². The number of piperidine rings is 1. The molecule has 0 aliphatic carbocycles. The van der Waals surface area contributed by atoms with Gasteiger partial charge in [-0.3, -0.25) is 9.78 Å². The number of carbonyl (C=O) groups excluding carboxylic acids is 1. The van der Waals surface area contributed by atoms with Crippen LogP contribution in [0.4, 0.5) is 15.8 Å². The summed E-state index contributed by atoms with van der Waals surface area (Å²) in [5.74, 6) is 0.876. The first-order valence-corrected chi connectivity index (χ1v) is 13.6. The lowest BCUT2D eigenvalue weighted by atomic mass is 9.83. The number of aromatic nitrogens is 2. The van der Waals surface area contributed by atoms with Gasteiger partial charge in [0.15, 0.2) is 11.6 Å². The summed E-state index contributed by atoms with van der Waals surface area (Å²) in [6, 6.07) is 6.62. The zero-order valence-corrected chi connectivity index (χ0v) is 21.7. The van der Waals surface area contributed by atoms with E-state index in [1.165, 1.54) is 26.0 Å². The summed E-state index contributed by atoms with van der Waals surface area (Å²) >= 11 is 0. The largest absolute Gasteiger partial charge is 0.492 e. The fourth-order valence-electron chi connectivity index (χ4n) is 6.11. The average molecular weight is 520 g/mol. The van der Waals surface area contributed by atoms with E-state index < -0.39 is 5.82 Å². The van der Waals surface area contributed by atoms with Crippen LogP contribution in [0, 0.1) is 11.7 Å². The maximum atomic E-state index is 14.6. The highest BCUT2D eigenvalue weighted by molar-refractivity contribution is 6.07. The van der Waals surface area contributed by atoms with E-state index >= 15 is 0 Å². The molecule has 6 heterocycles. The molecule has 1 fully saturated rings. The van der Waals surface area contributed by atoms with Gasteiger partial charge in [0.25, 0.3) is 5.91 Å². The molecule has 9 heteroatoms. The number of H-pyrrole nitrogens is 1. The van der Waals surface area contributed by atoms with E-state index in [9.17, 15) is 9.18 Å². The number of para-hydroxylation sites is 1. The number of nitrogens with one attached hydrogen (secondary N) is 3. The minimum atomic E-state index is -0.476. The topological polar surface area (TPSA) is 91.5 Å². The highest BCUT2D eigenvalue weighted by Gasteiger charge is 2.35. The molecule has 2 aromatic heterocycles. The van der Waals surface area contributed by atoms with E-state index in [0.29, 0.717) is 41.8 Å². The molecule has 1 saturated heterocycles. The molecule has 1 aromatic carbocycles. The zero-order chi connectivity index (χ0) is 26.1. The molecule has 3 N–H and O–H groups in total. The van der Waals surface area contributed by atoms with Gasteiger partial charge in [-0.2, -0.15) is 0 Å². The van der Waals surface area contributed by atoms with E-state index in [-0.39, 0.29) is 17.6 Å². The highest BCUT2D eigenvalue weighted by Crippen LogP contribution is 2.45. The third kappa shape index (κ3) is 4.71. The Bertz CT molecular complexity index is 1320. The van der Waals surface area contributed by atoms with Gasteiger partial charge < -0.3 is 30.0 Å². The molecule has 8 nitrogen and oxygen atoms in total. The van der Waals surface area contributed by atoms with Crippen molar-refractivity contribution in [3.05, 3.63) is 53.7 Å². The Morgan fingerprint density at radius 2 is 2.05 bits per heavy atom. The van der Waals surface area contributed by atoms with Crippen LogP contribution in [0.25, 0.3) is 11.3 Å². The first kappa shape index (κ1) is 24.7. The minimum absolute atomic E-state index is 0.0949. The Kier molecular flexibility index (Phi) is 6.93. The summed E-state index contributed by atoms with van der Waals surface area (Å²) in [6.45, 7) is 4.51. The number of fused-ring (bicyclic) bond motifs is 6. The lowest BCUT2D eigenvalue weighted by molar-refractivity contribution is 0.0935. The number of nitrogens with zero attached hydrogens (tertiary/aromatic N) is 2. The number of benzene rings is 1. The molecule has 0 spiro atoms. The molecule has 38 heavy (non-hydrogen) atoms. The van der Waals surface area contributed by atoms with Gasteiger partial charge in [0.1, 0.15) is 5.75 Å². The number of rotatable bonds is 3.